The number of halogens is 3. The normalized spacial score (nSPS) is 12.6. The Balaban J connectivity index is 3.23. The van der Waals surface area contributed by atoms with Crippen molar-refractivity contribution in [1.82, 2.24) is 0 Å². The lowest BCUT2D eigenvalue weighted by molar-refractivity contribution is -0.137. The predicted octanol–water partition coefficient (Wildman–Crippen LogP) is 1.97. The Morgan fingerprint density at radius 2 is 1.94 bits per heavy atom. The molecular formula is C9H6F3NO3. The van der Waals surface area contributed by atoms with E-state index in [1.54, 1.807) is 0 Å². The summed E-state index contributed by atoms with van der Waals surface area (Å²) in [6, 6.07) is 3.54. The Hall–Kier alpha value is -2.05. The number of rotatable bonds is 2. The van der Waals surface area contributed by atoms with E-state index in [0.717, 1.165) is 18.2 Å². The third-order valence-electron chi connectivity index (χ3n) is 1.77. The molecule has 0 aliphatic heterocycles. The highest BCUT2D eigenvalue weighted by molar-refractivity contribution is 6.42. The number of benzene rings is 1. The highest BCUT2D eigenvalue weighted by Crippen LogP contribution is 2.29. The van der Waals surface area contributed by atoms with Gasteiger partial charge in [0.1, 0.15) is 0 Å². The lowest BCUT2D eigenvalue weighted by atomic mass is 10.1. The first-order valence-corrected chi connectivity index (χ1v) is 3.99. The van der Waals surface area contributed by atoms with Crippen molar-refractivity contribution >= 4 is 11.7 Å². The lowest BCUT2D eigenvalue weighted by Gasteiger charge is -2.07. The van der Waals surface area contributed by atoms with Gasteiger partial charge < -0.3 is 10.3 Å². The Bertz CT molecular complexity index is 440. The fourth-order valence-corrected chi connectivity index (χ4v) is 1.07. The van der Waals surface area contributed by atoms with E-state index in [4.69, 9.17) is 10.3 Å². The van der Waals surface area contributed by atoms with Gasteiger partial charge in [0, 0.05) is 5.56 Å². The number of aliphatic carboxylic acids is 1. The topological polar surface area (TPSA) is 69.9 Å². The number of alkyl halides is 3. The van der Waals surface area contributed by atoms with Crippen molar-refractivity contribution in [2.45, 2.75) is 6.18 Å². The van der Waals surface area contributed by atoms with Crippen molar-refractivity contribution < 1.29 is 28.3 Å². The monoisotopic (exact) mass is 233 g/mol. The fraction of sp³-hybridized carbons (Fsp3) is 0.111. The fourth-order valence-electron chi connectivity index (χ4n) is 1.07. The Morgan fingerprint density at radius 1 is 1.31 bits per heavy atom. The van der Waals surface area contributed by atoms with E-state index in [2.05, 4.69) is 5.16 Å². The number of carbonyl (C=O) groups is 1. The summed E-state index contributed by atoms with van der Waals surface area (Å²) >= 11 is 0. The van der Waals surface area contributed by atoms with Crippen molar-refractivity contribution in [3.8, 4) is 0 Å². The average Bonchev–Trinajstić information content (AvgIpc) is 2.17. The molecule has 1 aromatic rings. The van der Waals surface area contributed by atoms with Crippen LogP contribution in [0.15, 0.2) is 29.4 Å². The molecule has 0 unspecified atom stereocenters. The van der Waals surface area contributed by atoms with E-state index in [0.29, 0.717) is 6.07 Å². The zero-order chi connectivity index (χ0) is 12.3. The molecule has 0 amide bonds. The van der Waals surface area contributed by atoms with Crippen molar-refractivity contribution in [3.63, 3.8) is 0 Å². The van der Waals surface area contributed by atoms with Gasteiger partial charge in [-0.2, -0.15) is 13.2 Å². The molecule has 0 saturated heterocycles. The van der Waals surface area contributed by atoms with Crippen molar-refractivity contribution in [2.75, 3.05) is 0 Å². The molecule has 1 rings (SSSR count). The summed E-state index contributed by atoms with van der Waals surface area (Å²) in [6.45, 7) is 0. The zero-order valence-corrected chi connectivity index (χ0v) is 7.69. The van der Waals surface area contributed by atoms with E-state index >= 15 is 0 Å². The first kappa shape index (κ1) is 12.0. The molecule has 0 spiro atoms. The van der Waals surface area contributed by atoms with E-state index in [1.165, 1.54) is 0 Å². The van der Waals surface area contributed by atoms with E-state index in [-0.39, 0.29) is 5.56 Å². The van der Waals surface area contributed by atoms with E-state index < -0.39 is 23.4 Å². The summed E-state index contributed by atoms with van der Waals surface area (Å²) < 4.78 is 36.9. The number of carboxylic acid groups (broad SMARTS) is 1. The van der Waals surface area contributed by atoms with Gasteiger partial charge in [0.25, 0.3) is 0 Å². The number of carboxylic acids is 1. The molecule has 7 heteroatoms. The maximum absolute atomic E-state index is 12.3. The third-order valence-corrected chi connectivity index (χ3v) is 1.77. The zero-order valence-electron chi connectivity index (χ0n) is 7.69. The molecule has 0 aromatic heterocycles. The minimum Gasteiger partial charge on any atom is -0.476 e. The van der Waals surface area contributed by atoms with Gasteiger partial charge in [-0.15, -0.1) is 0 Å². The van der Waals surface area contributed by atoms with Gasteiger partial charge in [0.05, 0.1) is 5.56 Å². The summed E-state index contributed by atoms with van der Waals surface area (Å²) in [5.41, 5.74) is -2.16. The SMILES string of the molecule is O=C(O)/C(=N/O)c1cccc(C(F)(F)F)c1. The Morgan fingerprint density at radius 3 is 2.38 bits per heavy atom. The van der Waals surface area contributed by atoms with Crippen LogP contribution in [0.4, 0.5) is 13.2 Å². The molecule has 0 fully saturated rings. The van der Waals surface area contributed by atoms with Crippen LogP contribution in [0, 0.1) is 0 Å². The largest absolute Gasteiger partial charge is 0.476 e. The predicted molar refractivity (Wildman–Crippen MR) is 47.4 cm³/mol. The van der Waals surface area contributed by atoms with Crippen LogP contribution < -0.4 is 0 Å². The molecule has 0 saturated carbocycles. The molecule has 86 valence electrons. The van der Waals surface area contributed by atoms with Crippen LogP contribution in [-0.4, -0.2) is 22.0 Å². The van der Waals surface area contributed by atoms with E-state index in [9.17, 15) is 18.0 Å². The summed E-state index contributed by atoms with van der Waals surface area (Å²) in [5, 5.41) is 19.3. The molecule has 0 radical (unpaired) electrons. The lowest BCUT2D eigenvalue weighted by Crippen LogP contribution is -2.15. The highest BCUT2D eigenvalue weighted by Gasteiger charge is 2.31. The summed E-state index contributed by atoms with van der Waals surface area (Å²) in [4.78, 5) is 10.5. The molecule has 0 aliphatic carbocycles. The molecule has 0 heterocycles. The van der Waals surface area contributed by atoms with Crippen molar-refractivity contribution in [3.05, 3.63) is 35.4 Å². The van der Waals surface area contributed by atoms with Gasteiger partial charge in [-0.3, -0.25) is 0 Å². The van der Waals surface area contributed by atoms with Gasteiger partial charge in [-0.25, -0.2) is 4.79 Å². The summed E-state index contributed by atoms with van der Waals surface area (Å²) in [6.07, 6.45) is -4.57. The molecular weight excluding hydrogens is 227 g/mol. The number of hydrogen-bond acceptors (Lipinski definition) is 3. The maximum Gasteiger partial charge on any atom is 0.416 e. The van der Waals surface area contributed by atoms with Gasteiger partial charge in [-0.05, 0) is 12.1 Å². The second kappa shape index (κ2) is 4.21. The Kier molecular flexibility index (Phi) is 3.17. The van der Waals surface area contributed by atoms with Crippen LogP contribution in [0.5, 0.6) is 0 Å². The highest BCUT2D eigenvalue weighted by atomic mass is 19.4. The van der Waals surface area contributed by atoms with Gasteiger partial charge >= 0.3 is 12.1 Å². The average molecular weight is 233 g/mol. The standard InChI is InChI=1S/C9H6F3NO3/c10-9(11,12)6-3-1-2-5(4-6)7(13-16)8(14)15/h1-4,16H,(H,14,15)/b13-7+. The van der Waals surface area contributed by atoms with Gasteiger partial charge in [0.15, 0.2) is 5.71 Å². The molecule has 0 aliphatic rings. The van der Waals surface area contributed by atoms with Crippen LogP contribution >= 0.6 is 0 Å². The molecule has 0 bridgehead atoms. The Labute approximate surface area is 87.6 Å². The van der Waals surface area contributed by atoms with Crippen molar-refractivity contribution in [1.29, 1.82) is 0 Å². The first-order valence-electron chi connectivity index (χ1n) is 3.99. The summed E-state index contributed by atoms with van der Waals surface area (Å²) in [7, 11) is 0. The van der Waals surface area contributed by atoms with E-state index in [1.807, 2.05) is 0 Å². The molecule has 0 atom stereocenters. The van der Waals surface area contributed by atoms with Gasteiger partial charge in [-0.1, -0.05) is 17.3 Å². The smallest absolute Gasteiger partial charge is 0.416 e. The summed E-state index contributed by atoms with van der Waals surface area (Å²) in [5.74, 6) is -1.61. The quantitative estimate of drug-likeness (QED) is 0.466. The molecule has 1 aromatic carbocycles. The molecule has 2 N–H and O–H groups in total. The maximum atomic E-state index is 12.3. The minimum atomic E-state index is -4.57. The number of nitrogens with zero attached hydrogens (tertiary/aromatic N) is 1. The second-order valence-corrected chi connectivity index (χ2v) is 2.83. The number of oxime groups is 1. The molecule has 4 nitrogen and oxygen atoms in total. The third kappa shape index (κ3) is 2.50. The first-order chi connectivity index (χ1) is 7.36. The van der Waals surface area contributed by atoms with Crippen LogP contribution in [-0.2, 0) is 11.0 Å². The van der Waals surface area contributed by atoms with Crippen molar-refractivity contribution in [2.24, 2.45) is 5.16 Å². The van der Waals surface area contributed by atoms with Crippen LogP contribution in [0.25, 0.3) is 0 Å². The number of hydrogen-bond donors (Lipinski definition) is 2. The van der Waals surface area contributed by atoms with Crippen LogP contribution in [0.1, 0.15) is 11.1 Å². The van der Waals surface area contributed by atoms with Crippen LogP contribution in [0.3, 0.4) is 0 Å². The minimum absolute atomic E-state index is 0.315. The van der Waals surface area contributed by atoms with Crippen LogP contribution in [0.2, 0.25) is 0 Å². The molecule has 16 heavy (non-hydrogen) atoms. The van der Waals surface area contributed by atoms with Gasteiger partial charge in [0.2, 0.25) is 0 Å². The second-order valence-electron chi connectivity index (χ2n) is 2.83.